The number of methoxy groups -OCH3 is 1. The van der Waals surface area contributed by atoms with E-state index in [1.165, 1.54) is 50.5 Å². The van der Waals surface area contributed by atoms with E-state index >= 15 is 0 Å². The molecule has 4 saturated carbocycles. The summed E-state index contributed by atoms with van der Waals surface area (Å²) in [5, 5.41) is 3.39. The zero-order chi connectivity index (χ0) is 20.9. The highest BCUT2D eigenvalue weighted by Crippen LogP contribution is 2.61. The third-order valence-electron chi connectivity index (χ3n) is 7.90. The molecule has 1 atom stereocenters. The first-order chi connectivity index (χ1) is 14.5. The number of nitrogens with zero attached hydrogens (tertiary/aromatic N) is 1. The van der Waals surface area contributed by atoms with Crippen molar-refractivity contribution in [2.24, 2.45) is 23.2 Å². The Balaban J connectivity index is 1.19. The van der Waals surface area contributed by atoms with Crippen molar-refractivity contribution >= 4 is 23.5 Å². The van der Waals surface area contributed by atoms with Crippen LogP contribution >= 0.6 is 0 Å². The van der Waals surface area contributed by atoms with E-state index in [1.54, 1.807) is 24.3 Å². The van der Waals surface area contributed by atoms with Gasteiger partial charge < -0.3 is 10.1 Å². The number of carbonyl (C=O) groups excluding carboxylic acids is 3. The fourth-order valence-electron chi connectivity index (χ4n) is 7.03. The van der Waals surface area contributed by atoms with Gasteiger partial charge in [0.25, 0.3) is 5.91 Å². The molecule has 1 aromatic carbocycles. The van der Waals surface area contributed by atoms with Crippen LogP contribution in [0.4, 0.5) is 5.69 Å². The highest BCUT2D eigenvalue weighted by molar-refractivity contribution is 6.22. The monoisotopic (exact) mass is 410 g/mol. The summed E-state index contributed by atoms with van der Waals surface area (Å²) in [7, 11) is 1.32. The second kappa shape index (κ2) is 7.49. The Bertz CT molecular complexity index is 827. The van der Waals surface area contributed by atoms with Crippen molar-refractivity contribution in [1.82, 2.24) is 5.32 Å². The number of anilines is 1. The van der Waals surface area contributed by atoms with Crippen molar-refractivity contribution in [1.29, 1.82) is 0 Å². The van der Waals surface area contributed by atoms with Gasteiger partial charge in [0.05, 0.1) is 30.8 Å². The summed E-state index contributed by atoms with van der Waals surface area (Å²) in [6.07, 6.45) is 9.69. The predicted molar refractivity (Wildman–Crippen MR) is 112 cm³/mol. The molecule has 0 aromatic heterocycles. The molecule has 4 bridgehead atoms. The first kappa shape index (κ1) is 19.7. The van der Waals surface area contributed by atoms with Crippen LogP contribution in [0.25, 0.3) is 0 Å². The minimum absolute atomic E-state index is 0.193. The summed E-state index contributed by atoms with van der Waals surface area (Å²) >= 11 is 0. The second-order valence-electron chi connectivity index (χ2n) is 9.98. The molecule has 160 valence electrons. The molecule has 1 aliphatic heterocycles. The molecule has 5 aliphatic rings. The number of hydrogen-bond acceptors (Lipinski definition) is 5. The van der Waals surface area contributed by atoms with E-state index in [0.29, 0.717) is 16.7 Å². The van der Waals surface area contributed by atoms with E-state index in [4.69, 9.17) is 4.74 Å². The molecule has 2 amide bonds. The number of imide groups is 1. The van der Waals surface area contributed by atoms with Crippen molar-refractivity contribution in [3.63, 3.8) is 0 Å². The molecule has 6 rings (SSSR count). The summed E-state index contributed by atoms with van der Waals surface area (Å²) in [5.41, 5.74) is 1.37. The van der Waals surface area contributed by atoms with E-state index in [9.17, 15) is 14.4 Å². The summed E-state index contributed by atoms with van der Waals surface area (Å²) in [5.74, 6) is 1.94. The summed E-state index contributed by atoms with van der Waals surface area (Å²) in [6, 6.07) is 5.96. The first-order valence-electron chi connectivity index (χ1n) is 11.2. The average Bonchev–Trinajstić information content (AvgIpc) is 2.99. The molecule has 1 aromatic rings. The topological polar surface area (TPSA) is 75.7 Å². The molecule has 0 spiro atoms. The van der Waals surface area contributed by atoms with Gasteiger partial charge in [0.1, 0.15) is 0 Å². The van der Waals surface area contributed by atoms with Crippen LogP contribution in [0.15, 0.2) is 24.3 Å². The number of ether oxygens (including phenoxy) is 1. The SMILES string of the molecule is COC(=O)c1ccc(N2C(=O)C[C@H](NCCC34CC5CC(CC(C5)C3)C4)C2=O)cc1. The summed E-state index contributed by atoms with van der Waals surface area (Å²) in [4.78, 5) is 38.3. The number of rotatable bonds is 6. The van der Waals surface area contributed by atoms with E-state index in [0.717, 1.165) is 30.7 Å². The maximum Gasteiger partial charge on any atom is 0.337 e. The lowest BCUT2D eigenvalue weighted by Crippen LogP contribution is -2.48. The average molecular weight is 411 g/mol. The minimum Gasteiger partial charge on any atom is -0.465 e. The lowest BCUT2D eigenvalue weighted by atomic mass is 9.49. The zero-order valence-electron chi connectivity index (χ0n) is 17.6. The highest BCUT2D eigenvalue weighted by Gasteiger charge is 2.50. The van der Waals surface area contributed by atoms with Crippen LogP contribution in [-0.4, -0.2) is 37.5 Å². The minimum atomic E-state index is -0.452. The standard InChI is InChI=1S/C24H30N2O4/c1-30-23(29)18-2-4-19(5-3-18)26-21(27)11-20(22(26)28)25-7-6-24-12-15-8-16(13-24)10-17(9-15)14-24/h2-5,15-17,20,25H,6-14H2,1H3/t15?,16?,17?,20-,24?/m0/s1. The molecule has 5 fully saturated rings. The molecule has 0 radical (unpaired) electrons. The van der Waals surface area contributed by atoms with Crippen LogP contribution < -0.4 is 10.2 Å². The Morgan fingerprint density at radius 1 is 1.07 bits per heavy atom. The van der Waals surface area contributed by atoms with E-state index in [1.807, 2.05) is 0 Å². The molecule has 1 N–H and O–H groups in total. The normalized spacial score (nSPS) is 34.6. The molecule has 30 heavy (non-hydrogen) atoms. The van der Waals surface area contributed by atoms with Crippen LogP contribution in [0.3, 0.4) is 0 Å². The zero-order valence-corrected chi connectivity index (χ0v) is 17.6. The van der Waals surface area contributed by atoms with Crippen molar-refractivity contribution < 1.29 is 19.1 Å². The van der Waals surface area contributed by atoms with Gasteiger partial charge >= 0.3 is 5.97 Å². The first-order valence-corrected chi connectivity index (χ1v) is 11.2. The van der Waals surface area contributed by atoms with Crippen LogP contribution in [0.2, 0.25) is 0 Å². The lowest BCUT2D eigenvalue weighted by molar-refractivity contribution is -0.121. The van der Waals surface area contributed by atoms with Gasteiger partial charge in [0.15, 0.2) is 0 Å². The second-order valence-corrected chi connectivity index (χ2v) is 9.98. The van der Waals surface area contributed by atoms with Gasteiger partial charge in [0, 0.05) is 0 Å². The number of carbonyl (C=O) groups is 3. The molecule has 1 saturated heterocycles. The number of amides is 2. The predicted octanol–water partition coefficient (Wildman–Crippen LogP) is 3.30. The number of esters is 1. The number of benzene rings is 1. The molecule has 0 unspecified atom stereocenters. The molecular formula is C24H30N2O4. The van der Waals surface area contributed by atoms with Crippen LogP contribution in [0, 0.1) is 23.2 Å². The summed E-state index contributed by atoms with van der Waals surface area (Å²) in [6.45, 7) is 0.797. The third-order valence-corrected chi connectivity index (χ3v) is 7.90. The van der Waals surface area contributed by atoms with Crippen molar-refractivity contribution in [3.8, 4) is 0 Å². The fourth-order valence-corrected chi connectivity index (χ4v) is 7.03. The molecular weight excluding hydrogens is 380 g/mol. The van der Waals surface area contributed by atoms with Gasteiger partial charge in [0.2, 0.25) is 5.91 Å². The fraction of sp³-hybridized carbons (Fsp3) is 0.625. The van der Waals surface area contributed by atoms with Gasteiger partial charge in [-0.05, 0) is 98.9 Å². The van der Waals surface area contributed by atoms with Gasteiger partial charge in [-0.25, -0.2) is 9.69 Å². The Hall–Kier alpha value is -2.21. The maximum atomic E-state index is 12.9. The highest BCUT2D eigenvalue weighted by atomic mass is 16.5. The van der Waals surface area contributed by atoms with Gasteiger partial charge in [-0.2, -0.15) is 0 Å². The largest absolute Gasteiger partial charge is 0.465 e. The molecule has 1 heterocycles. The van der Waals surface area contributed by atoms with Crippen LogP contribution in [0.5, 0.6) is 0 Å². The van der Waals surface area contributed by atoms with Gasteiger partial charge in [-0.15, -0.1) is 0 Å². The van der Waals surface area contributed by atoms with Crippen molar-refractivity contribution in [2.75, 3.05) is 18.6 Å². The molecule has 4 aliphatic carbocycles. The third kappa shape index (κ3) is 3.45. The summed E-state index contributed by atoms with van der Waals surface area (Å²) < 4.78 is 4.70. The smallest absolute Gasteiger partial charge is 0.337 e. The van der Waals surface area contributed by atoms with Crippen molar-refractivity contribution in [3.05, 3.63) is 29.8 Å². The van der Waals surface area contributed by atoms with E-state index in [-0.39, 0.29) is 18.2 Å². The Kier molecular flexibility index (Phi) is 4.92. The van der Waals surface area contributed by atoms with Crippen molar-refractivity contribution in [2.45, 2.75) is 57.4 Å². The van der Waals surface area contributed by atoms with Gasteiger partial charge in [-0.3, -0.25) is 9.59 Å². The number of hydrogen-bond donors (Lipinski definition) is 1. The van der Waals surface area contributed by atoms with E-state index < -0.39 is 12.0 Å². The van der Waals surface area contributed by atoms with Crippen LogP contribution in [-0.2, 0) is 14.3 Å². The quantitative estimate of drug-likeness (QED) is 0.575. The molecule has 6 nitrogen and oxygen atoms in total. The van der Waals surface area contributed by atoms with Gasteiger partial charge in [-0.1, -0.05) is 0 Å². The Labute approximate surface area is 177 Å². The number of nitrogens with one attached hydrogen (secondary N) is 1. The Morgan fingerprint density at radius 2 is 1.67 bits per heavy atom. The van der Waals surface area contributed by atoms with E-state index in [2.05, 4.69) is 5.32 Å². The molecule has 6 heteroatoms. The van der Waals surface area contributed by atoms with Crippen LogP contribution in [0.1, 0.15) is 61.7 Å². The Morgan fingerprint density at radius 3 is 2.23 bits per heavy atom. The lowest BCUT2D eigenvalue weighted by Gasteiger charge is -2.57. The maximum absolute atomic E-state index is 12.9.